The Morgan fingerprint density at radius 2 is 1.93 bits per heavy atom. The summed E-state index contributed by atoms with van der Waals surface area (Å²) in [6.45, 7) is 5.47. The van der Waals surface area contributed by atoms with Crippen LogP contribution in [0.3, 0.4) is 0 Å². The molecule has 0 spiro atoms. The van der Waals surface area contributed by atoms with Gasteiger partial charge in [-0.25, -0.2) is 0 Å². The SMILES string of the molecule is CC(=O)CCC(C(C)=O)N1Cc2cc(CNC(=O)C3CCNCC3)ccc2C1=O. The van der Waals surface area contributed by atoms with Crippen molar-refractivity contribution in [3.8, 4) is 0 Å². The average molecular weight is 399 g/mol. The van der Waals surface area contributed by atoms with Crippen LogP contribution in [0, 0.1) is 5.92 Å². The first-order valence-electron chi connectivity index (χ1n) is 10.3. The second kappa shape index (κ2) is 9.31. The van der Waals surface area contributed by atoms with Gasteiger partial charge in [-0.05, 0) is 63.4 Å². The maximum atomic E-state index is 12.8. The van der Waals surface area contributed by atoms with Crippen molar-refractivity contribution in [2.45, 2.75) is 58.7 Å². The fourth-order valence-electron chi connectivity index (χ4n) is 4.09. The van der Waals surface area contributed by atoms with Gasteiger partial charge < -0.3 is 20.3 Å². The number of nitrogens with zero attached hydrogens (tertiary/aromatic N) is 1. The van der Waals surface area contributed by atoms with Gasteiger partial charge in [0.15, 0.2) is 5.78 Å². The average Bonchev–Trinajstić information content (AvgIpc) is 3.02. The molecule has 0 saturated carbocycles. The molecular formula is C22H29N3O4. The molecule has 1 aromatic carbocycles. The van der Waals surface area contributed by atoms with Crippen LogP contribution in [0.2, 0.25) is 0 Å². The number of amides is 2. The minimum atomic E-state index is -0.582. The summed E-state index contributed by atoms with van der Waals surface area (Å²) in [4.78, 5) is 50.1. The van der Waals surface area contributed by atoms with Crippen molar-refractivity contribution in [2.75, 3.05) is 13.1 Å². The number of ketones is 2. The lowest BCUT2D eigenvalue weighted by molar-refractivity contribution is -0.126. The van der Waals surface area contributed by atoms with Crippen molar-refractivity contribution in [3.63, 3.8) is 0 Å². The summed E-state index contributed by atoms with van der Waals surface area (Å²) in [5, 5.41) is 6.25. The van der Waals surface area contributed by atoms with E-state index in [9.17, 15) is 19.2 Å². The largest absolute Gasteiger partial charge is 0.352 e. The van der Waals surface area contributed by atoms with Crippen LogP contribution in [0.15, 0.2) is 18.2 Å². The van der Waals surface area contributed by atoms with Crippen LogP contribution in [0.5, 0.6) is 0 Å². The third kappa shape index (κ3) is 5.09. The van der Waals surface area contributed by atoms with Crippen LogP contribution in [0.25, 0.3) is 0 Å². The van der Waals surface area contributed by atoms with Crippen molar-refractivity contribution >= 4 is 23.4 Å². The van der Waals surface area contributed by atoms with Crippen LogP contribution in [-0.4, -0.2) is 47.4 Å². The molecule has 1 aromatic rings. The van der Waals surface area contributed by atoms with Gasteiger partial charge >= 0.3 is 0 Å². The van der Waals surface area contributed by atoms with Crippen LogP contribution >= 0.6 is 0 Å². The first-order chi connectivity index (χ1) is 13.9. The van der Waals surface area contributed by atoms with Crippen molar-refractivity contribution in [1.82, 2.24) is 15.5 Å². The van der Waals surface area contributed by atoms with E-state index in [0.717, 1.165) is 37.1 Å². The number of rotatable bonds is 8. The molecule has 7 nitrogen and oxygen atoms in total. The lowest BCUT2D eigenvalue weighted by Crippen LogP contribution is -2.40. The number of carbonyl (C=O) groups excluding carboxylic acids is 4. The molecule has 1 atom stereocenters. The highest BCUT2D eigenvalue weighted by molar-refractivity contribution is 6.01. The molecule has 2 amide bonds. The van der Waals surface area contributed by atoms with E-state index in [4.69, 9.17) is 0 Å². The standard InChI is InChI=1S/C22H29N3O4/c1-14(26)3-6-20(15(2)27)25-13-18-11-16(4-5-19(18)22(25)29)12-24-21(28)17-7-9-23-10-8-17/h4-5,11,17,20,23H,3,6-10,12-13H2,1-2H3,(H,24,28). The normalized spacial score (nSPS) is 17.7. The molecule has 1 saturated heterocycles. The summed E-state index contributed by atoms with van der Waals surface area (Å²) >= 11 is 0. The molecule has 2 heterocycles. The number of piperidine rings is 1. The highest BCUT2D eigenvalue weighted by Crippen LogP contribution is 2.27. The topological polar surface area (TPSA) is 95.6 Å². The van der Waals surface area contributed by atoms with E-state index < -0.39 is 6.04 Å². The minimum Gasteiger partial charge on any atom is -0.352 e. The Bertz CT molecular complexity index is 814. The van der Waals surface area contributed by atoms with E-state index in [-0.39, 0.29) is 35.7 Å². The molecule has 29 heavy (non-hydrogen) atoms. The van der Waals surface area contributed by atoms with Gasteiger partial charge in [0.05, 0.1) is 6.04 Å². The fraction of sp³-hybridized carbons (Fsp3) is 0.545. The number of benzene rings is 1. The highest BCUT2D eigenvalue weighted by Gasteiger charge is 2.34. The second-order valence-electron chi connectivity index (χ2n) is 8.03. The smallest absolute Gasteiger partial charge is 0.255 e. The zero-order valence-corrected chi connectivity index (χ0v) is 17.1. The molecule has 0 aromatic heterocycles. The Labute approximate surface area is 171 Å². The number of hydrogen-bond donors (Lipinski definition) is 2. The summed E-state index contributed by atoms with van der Waals surface area (Å²) in [6, 6.07) is 4.97. The van der Waals surface area contributed by atoms with Crippen LogP contribution in [0.4, 0.5) is 0 Å². The Morgan fingerprint density at radius 3 is 2.59 bits per heavy atom. The zero-order chi connectivity index (χ0) is 21.0. The van der Waals surface area contributed by atoms with Gasteiger partial charge in [0.1, 0.15) is 5.78 Å². The maximum Gasteiger partial charge on any atom is 0.255 e. The molecule has 2 aliphatic rings. The zero-order valence-electron chi connectivity index (χ0n) is 17.1. The van der Waals surface area contributed by atoms with Gasteiger partial charge in [-0.1, -0.05) is 12.1 Å². The molecule has 2 N–H and O–H groups in total. The fourth-order valence-corrected chi connectivity index (χ4v) is 4.09. The molecule has 0 bridgehead atoms. The van der Waals surface area contributed by atoms with Crippen LogP contribution < -0.4 is 10.6 Å². The third-order valence-electron chi connectivity index (χ3n) is 5.79. The van der Waals surface area contributed by atoms with Gasteiger partial charge in [-0.15, -0.1) is 0 Å². The van der Waals surface area contributed by atoms with Gasteiger partial charge in [-0.2, -0.15) is 0 Å². The molecular weight excluding hydrogens is 370 g/mol. The van der Waals surface area contributed by atoms with E-state index in [1.807, 2.05) is 12.1 Å². The van der Waals surface area contributed by atoms with E-state index in [1.165, 1.54) is 13.8 Å². The molecule has 0 aliphatic carbocycles. The van der Waals surface area contributed by atoms with E-state index in [1.54, 1.807) is 11.0 Å². The summed E-state index contributed by atoms with van der Waals surface area (Å²) in [5.74, 6) is -0.144. The van der Waals surface area contributed by atoms with Crippen LogP contribution in [-0.2, 0) is 27.5 Å². The Hall–Kier alpha value is -2.54. The summed E-state index contributed by atoms with van der Waals surface area (Å²) < 4.78 is 0. The Balaban J connectivity index is 1.64. The molecule has 0 radical (unpaired) electrons. The van der Waals surface area contributed by atoms with Crippen molar-refractivity contribution in [2.24, 2.45) is 5.92 Å². The summed E-state index contributed by atoms with van der Waals surface area (Å²) in [7, 11) is 0. The number of carbonyl (C=O) groups is 4. The highest BCUT2D eigenvalue weighted by atomic mass is 16.2. The first-order valence-corrected chi connectivity index (χ1v) is 10.3. The van der Waals surface area contributed by atoms with Crippen LogP contribution in [0.1, 0.15) is 61.0 Å². The van der Waals surface area contributed by atoms with E-state index >= 15 is 0 Å². The predicted octanol–water partition coefficient (Wildman–Crippen LogP) is 1.59. The Kier molecular flexibility index (Phi) is 6.79. The van der Waals surface area contributed by atoms with Crippen molar-refractivity contribution in [1.29, 1.82) is 0 Å². The lowest BCUT2D eigenvalue weighted by atomic mass is 9.97. The number of nitrogens with one attached hydrogen (secondary N) is 2. The number of fused-ring (bicyclic) bond motifs is 1. The summed E-state index contributed by atoms with van der Waals surface area (Å²) in [6.07, 6.45) is 2.33. The minimum absolute atomic E-state index is 0.00665. The van der Waals surface area contributed by atoms with Crippen molar-refractivity contribution in [3.05, 3.63) is 34.9 Å². The number of Topliss-reactive ketones (excluding diaryl/α,β-unsaturated/α-hetero) is 2. The molecule has 7 heteroatoms. The first kappa shape index (κ1) is 21.2. The summed E-state index contributed by atoms with van der Waals surface area (Å²) in [5.41, 5.74) is 2.38. The molecule has 3 rings (SSSR count). The molecule has 2 aliphatic heterocycles. The molecule has 1 unspecified atom stereocenters. The van der Waals surface area contributed by atoms with Gasteiger partial charge in [0.25, 0.3) is 5.91 Å². The third-order valence-corrected chi connectivity index (χ3v) is 5.79. The Morgan fingerprint density at radius 1 is 1.21 bits per heavy atom. The number of hydrogen-bond acceptors (Lipinski definition) is 5. The van der Waals surface area contributed by atoms with Gasteiger partial charge in [0, 0.05) is 31.0 Å². The monoisotopic (exact) mass is 399 g/mol. The van der Waals surface area contributed by atoms with Gasteiger partial charge in [0.2, 0.25) is 5.91 Å². The predicted molar refractivity (Wildman–Crippen MR) is 108 cm³/mol. The van der Waals surface area contributed by atoms with Gasteiger partial charge in [-0.3, -0.25) is 14.4 Å². The molecule has 156 valence electrons. The maximum absolute atomic E-state index is 12.8. The second-order valence-corrected chi connectivity index (χ2v) is 8.03. The van der Waals surface area contributed by atoms with E-state index in [2.05, 4.69) is 10.6 Å². The quantitative estimate of drug-likeness (QED) is 0.692. The lowest BCUT2D eigenvalue weighted by Gasteiger charge is -2.25. The molecule has 1 fully saturated rings. The van der Waals surface area contributed by atoms with E-state index in [0.29, 0.717) is 25.1 Å². The van der Waals surface area contributed by atoms with Crippen molar-refractivity contribution < 1.29 is 19.2 Å².